The van der Waals surface area contributed by atoms with Gasteiger partial charge in [0.05, 0.1) is 0 Å². The number of rotatable bonds is 0. The largest absolute Gasteiger partial charge is 0.412 e. The van der Waals surface area contributed by atoms with E-state index in [2.05, 4.69) is 0 Å². The van der Waals surface area contributed by atoms with Crippen molar-refractivity contribution in [3.63, 3.8) is 0 Å². The van der Waals surface area contributed by atoms with Crippen LogP contribution in [0.4, 0.5) is 0 Å². The molecule has 0 atom stereocenters. The Morgan fingerprint density at radius 1 is 0.600 bits per heavy atom. The fourth-order valence-electron chi connectivity index (χ4n) is 1.16. The van der Waals surface area contributed by atoms with Gasteiger partial charge in [0.1, 0.15) is 0 Å². The van der Waals surface area contributed by atoms with Gasteiger partial charge in [0.15, 0.2) is 0 Å². The predicted molar refractivity (Wildman–Crippen MR) is 45.7 cm³/mol. The molecule has 0 aromatic rings. The quantitative estimate of drug-likeness (QED) is 0.528. The topological polar surface area (TPSA) is 63.0 Å². The molecule has 0 unspecified atom stereocenters. The molecule has 1 aliphatic heterocycles. The first-order valence-corrected chi connectivity index (χ1v) is 6.67. The van der Waals surface area contributed by atoms with Gasteiger partial charge in [-0.25, -0.2) is 0 Å². The van der Waals surface area contributed by atoms with E-state index in [1.165, 1.54) is 19.3 Å². The first kappa shape index (κ1) is 13.1. The van der Waals surface area contributed by atoms with E-state index >= 15 is 0 Å². The molecule has 0 aromatic heterocycles. The van der Waals surface area contributed by atoms with Gasteiger partial charge in [-0.15, -0.1) is 0 Å². The van der Waals surface area contributed by atoms with E-state index in [9.17, 15) is 0 Å². The van der Waals surface area contributed by atoms with Gasteiger partial charge in [0, 0.05) is 0 Å². The van der Waals surface area contributed by atoms with Crippen molar-refractivity contribution in [3.8, 4) is 0 Å². The summed E-state index contributed by atoms with van der Waals surface area (Å²) < 4.78 is 0. The minimum atomic E-state index is 0. The van der Waals surface area contributed by atoms with Crippen molar-refractivity contribution < 1.29 is 11.0 Å². The first-order valence-electron chi connectivity index (χ1n) is 3.71. The molecule has 2 nitrogen and oxygen atoms in total. The van der Waals surface area contributed by atoms with E-state index in [0.717, 1.165) is 0 Å². The molecule has 0 saturated carbocycles. The molecule has 3 heteroatoms. The molecule has 0 aromatic carbocycles. The Hall–Kier alpha value is 0.463. The molecule has 0 bridgehead atoms. The van der Waals surface area contributed by atoms with E-state index in [-0.39, 0.29) is 11.0 Å². The maximum absolute atomic E-state index is 1.62. The fraction of sp³-hybridized carbons (Fsp3) is 1.00. The summed E-state index contributed by atoms with van der Waals surface area (Å²) in [6.45, 7) is 0. The van der Waals surface area contributed by atoms with Crippen LogP contribution >= 0.6 is 0 Å². The molecule has 0 spiro atoms. The molecule has 1 fully saturated rings. The zero-order valence-corrected chi connectivity index (χ0v) is 8.55. The van der Waals surface area contributed by atoms with Crippen LogP contribution in [0, 0.1) is 0 Å². The molecule has 62 valence electrons. The maximum atomic E-state index is 1.62. The van der Waals surface area contributed by atoms with Crippen LogP contribution in [0.25, 0.3) is 0 Å². The normalized spacial score (nSPS) is 19.2. The van der Waals surface area contributed by atoms with Crippen LogP contribution in [0.3, 0.4) is 0 Å². The van der Waals surface area contributed by atoms with E-state index in [1.54, 1.807) is 23.3 Å². The monoisotopic (exact) mass is 208 g/mol. The summed E-state index contributed by atoms with van der Waals surface area (Å²) in [7, 11) is 0. The third-order valence-corrected chi connectivity index (χ3v) is 4.67. The van der Waals surface area contributed by atoms with Crippen molar-refractivity contribution in [2.75, 3.05) is 0 Å². The Morgan fingerprint density at radius 3 is 1.50 bits per heavy atom. The molecule has 1 rings (SSSR count). The summed E-state index contributed by atoms with van der Waals surface area (Å²) in [6, 6.07) is 0. The molecule has 0 amide bonds. The summed E-state index contributed by atoms with van der Waals surface area (Å²) in [5.74, 6) is 0. The molecule has 10 heavy (non-hydrogen) atoms. The SMILES string of the molecule is C1CC[CH2][Ge][CH2]CC1.O.O. The molecule has 1 aliphatic rings. The smallest absolute Gasteiger partial charge is 0.412 e. The maximum Gasteiger partial charge on any atom is -0.412 e. The zero-order valence-electron chi connectivity index (χ0n) is 6.45. The minimum absolute atomic E-state index is 0. The molecule has 2 radical (unpaired) electrons. The third kappa shape index (κ3) is 6.58. The Morgan fingerprint density at radius 2 is 1.00 bits per heavy atom. The minimum Gasteiger partial charge on any atom is -0.412 e. The number of hydrogen-bond acceptors (Lipinski definition) is 0. The van der Waals surface area contributed by atoms with Crippen LogP contribution in [-0.4, -0.2) is 26.4 Å². The van der Waals surface area contributed by atoms with Crippen LogP contribution < -0.4 is 0 Å². The second-order valence-corrected chi connectivity index (χ2v) is 5.66. The van der Waals surface area contributed by atoms with Gasteiger partial charge in [-0.2, -0.15) is 0 Å². The van der Waals surface area contributed by atoms with Gasteiger partial charge in [-0.3, -0.25) is 0 Å². The second kappa shape index (κ2) is 9.46. The first-order chi connectivity index (χ1) is 4.00. The summed E-state index contributed by atoms with van der Waals surface area (Å²) in [5.41, 5.74) is 0. The molecule has 4 N–H and O–H groups in total. The third-order valence-electron chi connectivity index (χ3n) is 1.71. The summed E-state index contributed by atoms with van der Waals surface area (Å²) in [6.07, 6.45) is 7.69. The van der Waals surface area contributed by atoms with Crippen molar-refractivity contribution in [2.45, 2.75) is 42.6 Å². The van der Waals surface area contributed by atoms with Gasteiger partial charge < -0.3 is 11.0 Å². The zero-order chi connectivity index (χ0) is 5.66. The molecule has 1 heterocycles. The van der Waals surface area contributed by atoms with Crippen LogP contribution in [0.5, 0.6) is 0 Å². The van der Waals surface area contributed by atoms with E-state index < -0.39 is 0 Å². The Balaban J connectivity index is 0. The van der Waals surface area contributed by atoms with Crippen molar-refractivity contribution in [3.05, 3.63) is 0 Å². The molecular formula is C7H18GeO2. The van der Waals surface area contributed by atoms with Crippen LogP contribution in [0.2, 0.25) is 10.5 Å². The molecule has 1 saturated heterocycles. The van der Waals surface area contributed by atoms with Gasteiger partial charge in [0.2, 0.25) is 0 Å². The average molecular weight is 207 g/mol. The van der Waals surface area contributed by atoms with Crippen molar-refractivity contribution in [2.24, 2.45) is 0 Å². The van der Waals surface area contributed by atoms with Crippen LogP contribution in [0.15, 0.2) is 0 Å². The second-order valence-electron chi connectivity index (χ2n) is 2.52. The summed E-state index contributed by atoms with van der Waals surface area (Å²) >= 11 is 0.556. The van der Waals surface area contributed by atoms with Gasteiger partial charge in [-0.05, 0) is 0 Å². The van der Waals surface area contributed by atoms with E-state index in [4.69, 9.17) is 0 Å². The van der Waals surface area contributed by atoms with Crippen LogP contribution in [-0.2, 0) is 0 Å². The van der Waals surface area contributed by atoms with E-state index in [1.807, 2.05) is 0 Å². The van der Waals surface area contributed by atoms with Gasteiger partial charge >= 0.3 is 58.0 Å². The van der Waals surface area contributed by atoms with Crippen molar-refractivity contribution in [1.29, 1.82) is 0 Å². The van der Waals surface area contributed by atoms with Crippen molar-refractivity contribution in [1.82, 2.24) is 0 Å². The Kier molecular flexibility index (Phi) is 12.4. The van der Waals surface area contributed by atoms with Gasteiger partial charge in [0.25, 0.3) is 0 Å². The predicted octanol–water partition coefficient (Wildman–Crippen LogP) is 0.842. The summed E-state index contributed by atoms with van der Waals surface area (Å²) in [5, 5.41) is 3.25. The molecular weight excluding hydrogens is 189 g/mol. The average Bonchev–Trinajstić information content (AvgIpc) is 1.62. The molecule has 0 aliphatic carbocycles. The van der Waals surface area contributed by atoms with Gasteiger partial charge in [-0.1, -0.05) is 0 Å². The Bertz CT molecular complexity index is 35.6. The van der Waals surface area contributed by atoms with E-state index in [0.29, 0.717) is 15.4 Å². The van der Waals surface area contributed by atoms with Crippen molar-refractivity contribution >= 4 is 15.4 Å². The Labute approximate surface area is 69.5 Å². The van der Waals surface area contributed by atoms with Crippen LogP contribution in [0.1, 0.15) is 32.1 Å². The standard InChI is InChI=1S/C7H14Ge.2H2O/c1-2-4-6-8-7-5-3-1;;/h1-7H2;2*1H2. The fourth-order valence-corrected chi connectivity index (χ4v) is 3.78. The number of hydrogen-bond donors (Lipinski definition) is 0. The summed E-state index contributed by atoms with van der Waals surface area (Å²) in [4.78, 5) is 0.